The molecule has 3 aliphatic rings. The number of aryl methyl sites for hydroxylation is 1. The smallest absolute Gasteiger partial charge is 0.349 e. The molecule has 10 nitrogen and oxygen atoms in total. The van der Waals surface area contributed by atoms with Crippen molar-refractivity contribution in [3.8, 4) is 0 Å². The third-order valence-corrected chi connectivity index (χ3v) is 8.92. The average Bonchev–Trinajstić information content (AvgIpc) is 3.41. The van der Waals surface area contributed by atoms with Gasteiger partial charge in [0.1, 0.15) is 11.6 Å². The molecule has 1 aromatic heterocycles. The minimum atomic E-state index is -4.64. The standard InChI is InChI=1S/C29H41F2N5O.H3O4P/c1-19(2)27-34-33-20(3)36(27)25-17-23-9-10-24(18-25)35(23)16-13-26(21-7-5-4-6-8-21)32-28(37)22-11-14-29(30,31)15-12-22;1-5(2,3)4/h4-8,19,22-26H,9-18H2,1-3H3,(H,32,37);(H3,1,2,3,4)/t23?,24?,25?,26-;/m0./s1. The summed E-state index contributed by atoms with van der Waals surface area (Å²) < 4.78 is 38.5. The lowest BCUT2D eigenvalue weighted by Gasteiger charge is -2.40. The van der Waals surface area contributed by atoms with Crippen LogP contribution in [0, 0.1) is 12.8 Å². The van der Waals surface area contributed by atoms with Crippen molar-refractivity contribution in [1.82, 2.24) is 25.0 Å². The predicted molar refractivity (Wildman–Crippen MR) is 154 cm³/mol. The molecule has 0 radical (unpaired) electrons. The van der Waals surface area contributed by atoms with Crippen molar-refractivity contribution < 1.29 is 32.8 Å². The molecule has 2 bridgehead atoms. The number of amides is 1. The third kappa shape index (κ3) is 8.66. The summed E-state index contributed by atoms with van der Waals surface area (Å²) in [6, 6.07) is 11.5. The maximum atomic E-state index is 13.6. The van der Waals surface area contributed by atoms with Crippen LogP contribution in [0.2, 0.25) is 0 Å². The highest BCUT2D eigenvalue weighted by atomic mass is 31.2. The number of nitrogens with one attached hydrogen (secondary N) is 1. The lowest BCUT2D eigenvalue weighted by atomic mass is 9.86. The van der Waals surface area contributed by atoms with E-state index in [1.165, 1.54) is 12.8 Å². The van der Waals surface area contributed by atoms with Crippen LogP contribution >= 0.6 is 7.82 Å². The molecule has 1 saturated carbocycles. The molecule has 42 heavy (non-hydrogen) atoms. The summed E-state index contributed by atoms with van der Waals surface area (Å²) in [7, 11) is -4.64. The first-order valence-corrected chi connectivity index (χ1v) is 16.5. The second-order valence-corrected chi connectivity index (χ2v) is 13.3. The summed E-state index contributed by atoms with van der Waals surface area (Å²) in [6.07, 6.45) is 5.59. The zero-order valence-corrected chi connectivity index (χ0v) is 25.5. The van der Waals surface area contributed by atoms with Crippen LogP contribution in [0.3, 0.4) is 0 Å². The number of aromatic nitrogens is 3. The highest BCUT2D eigenvalue weighted by molar-refractivity contribution is 7.45. The minimum absolute atomic E-state index is 0.0738. The molecule has 3 heterocycles. The zero-order chi connectivity index (χ0) is 30.7. The number of benzene rings is 1. The molecular weight excluding hydrogens is 567 g/mol. The fourth-order valence-electron chi connectivity index (χ4n) is 6.93. The Kier molecular flexibility index (Phi) is 10.6. The van der Waals surface area contributed by atoms with E-state index in [-0.39, 0.29) is 43.6 Å². The Morgan fingerprint density at radius 1 is 1.02 bits per heavy atom. The van der Waals surface area contributed by atoms with Gasteiger partial charge in [0.2, 0.25) is 11.8 Å². The summed E-state index contributed by atoms with van der Waals surface area (Å²) >= 11 is 0. The molecule has 1 aromatic carbocycles. The number of alkyl halides is 2. The Morgan fingerprint density at radius 2 is 1.60 bits per heavy atom. The number of hydrogen-bond donors (Lipinski definition) is 4. The van der Waals surface area contributed by atoms with Crippen molar-refractivity contribution in [2.45, 2.75) is 115 Å². The van der Waals surface area contributed by atoms with Gasteiger partial charge in [-0.1, -0.05) is 44.2 Å². The van der Waals surface area contributed by atoms with E-state index in [9.17, 15) is 13.6 Å². The number of carbonyl (C=O) groups excluding carboxylic acids is 1. The van der Waals surface area contributed by atoms with E-state index in [1.54, 1.807) is 0 Å². The van der Waals surface area contributed by atoms with Crippen LogP contribution in [0.5, 0.6) is 0 Å². The normalized spacial score (nSPS) is 25.1. The lowest BCUT2D eigenvalue weighted by Crippen LogP contribution is -2.45. The Bertz CT molecular complexity index is 1210. The first-order valence-electron chi connectivity index (χ1n) is 14.9. The quantitative estimate of drug-likeness (QED) is 0.305. The Balaban J connectivity index is 0.000000748. The van der Waals surface area contributed by atoms with Crippen molar-refractivity contribution in [3.63, 3.8) is 0 Å². The van der Waals surface area contributed by atoms with Crippen LogP contribution < -0.4 is 5.32 Å². The van der Waals surface area contributed by atoms with Gasteiger partial charge in [-0.05, 0) is 57.4 Å². The number of carbonyl (C=O) groups is 1. The Labute approximate surface area is 246 Å². The zero-order valence-electron chi connectivity index (χ0n) is 24.6. The molecule has 2 aliphatic heterocycles. The Hall–Kier alpha value is -2.24. The molecule has 4 N–H and O–H groups in total. The second-order valence-electron chi connectivity index (χ2n) is 12.3. The van der Waals surface area contributed by atoms with Gasteiger partial charge in [-0.2, -0.15) is 0 Å². The number of fused-ring (bicyclic) bond motifs is 2. The topological polar surface area (TPSA) is 141 Å². The molecule has 0 spiro atoms. The summed E-state index contributed by atoms with van der Waals surface area (Å²) in [4.78, 5) is 37.3. The minimum Gasteiger partial charge on any atom is -0.349 e. The SMILES string of the molecule is Cc1nnc(C(C)C)n1C1CC2CCC(C1)N2CC[C@H](NC(=O)C1CCC(F)(F)CC1)c1ccccc1.O=P(O)(O)O. The molecule has 2 unspecified atom stereocenters. The van der Waals surface area contributed by atoms with Gasteiger partial charge in [0.25, 0.3) is 0 Å². The molecule has 234 valence electrons. The Morgan fingerprint density at radius 3 is 2.14 bits per heavy atom. The van der Waals surface area contributed by atoms with Gasteiger partial charge in [0.15, 0.2) is 0 Å². The van der Waals surface area contributed by atoms with Gasteiger partial charge in [-0.15, -0.1) is 10.2 Å². The summed E-state index contributed by atoms with van der Waals surface area (Å²) in [5.41, 5.74) is 1.08. The van der Waals surface area contributed by atoms with Gasteiger partial charge in [-0.3, -0.25) is 9.69 Å². The van der Waals surface area contributed by atoms with E-state index in [4.69, 9.17) is 19.2 Å². The predicted octanol–water partition coefficient (Wildman–Crippen LogP) is 5.02. The summed E-state index contributed by atoms with van der Waals surface area (Å²) in [5, 5.41) is 12.1. The number of piperidine rings is 1. The number of hydrogen-bond acceptors (Lipinski definition) is 5. The molecule has 3 fully saturated rings. The molecule has 1 aliphatic carbocycles. The fourth-order valence-corrected chi connectivity index (χ4v) is 6.93. The molecule has 3 atom stereocenters. The highest BCUT2D eigenvalue weighted by Gasteiger charge is 2.42. The van der Waals surface area contributed by atoms with Crippen LogP contribution in [-0.4, -0.2) is 64.8 Å². The van der Waals surface area contributed by atoms with Gasteiger partial charge in [0, 0.05) is 49.3 Å². The van der Waals surface area contributed by atoms with Crippen LogP contribution in [0.15, 0.2) is 30.3 Å². The van der Waals surface area contributed by atoms with Crippen molar-refractivity contribution in [1.29, 1.82) is 0 Å². The van der Waals surface area contributed by atoms with Crippen LogP contribution in [0.4, 0.5) is 8.78 Å². The largest absolute Gasteiger partial charge is 0.466 e. The van der Waals surface area contributed by atoms with Gasteiger partial charge >= 0.3 is 7.82 Å². The van der Waals surface area contributed by atoms with E-state index >= 15 is 0 Å². The molecule has 5 rings (SSSR count). The molecule has 13 heteroatoms. The highest BCUT2D eigenvalue weighted by Crippen LogP contribution is 2.42. The van der Waals surface area contributed by atoms with Gasteiger partial charge < -0.3 is 24.6 Å². The van der Waals surface area contributed by atoms with Crippen molar-refractivity contribution >= 4 is 13.7 Å². The summed E-state index contributed by atoms with van der Waals surface area (Å²) in [6.45, 7) is 7.34. The molecular formula is C29H44F2N5O5P. The van der Waals surface area contributed by atoms with E-state index in [0.717, 1.165) is 43.0 Å². The lowest BCUT2D eigenvalue weighted by molar-refractivity contribution is -0.130. The van der Waals surface area contributed by atoms with Crippen molar-refractivity contribution in [2.24, 2.45) is 5.92 Å². The molecule has 2 saturated heterocycles. The summed E-state index contributed by atoms with van der Waals surface area (Å²) in [5.74, 6) is -0.572. The number of phosphoric acid groups is 1. The maximum absolute atomic E-state index is 13.6. The van der Waals surface area contributed by atoms with E-state index < -0.39 is 13.7 Å². The van der Waals surface area contributed by atoms with Gasteiger partial charge in [-0.25, -0.2) is 13.3 Å². The molecule has 1 amide bonds. The average molecular weight is 612 g/mol. The number of halogens is 2. The van der Waals surface area contributed by atoms with Crippen LogP contribution in [-0.2, 0) is 9.36 Å². The van der Waals surface area contributed by atoms with Crippen molar-refractivity contribution in [2.75, 3.05) is 6.54 Å². The second kappa shape index (κ2) is 13.6. The van der Waals surface area contributed by atoms with Crippen LogP contribution in [0.1, 0.15) is 107 Å². The van der Waals surface area contributed by atoms with E-state index in [1.807, 2.05) is 18.2 Å². The van der Waals surface area contributed by atoms with Gasteiger partial charge in [0.05, 0.1) is 6.04 Å². The van der Waals surface area contributed by atoms with E-state index in [0.29, 0.717) is 24.0 Å². The third-order valence-electron chi connectivity index (χ3n) is 8.92. The maximum Gasteiger partial charge on any atom is 0.466 e. The fraction of sp³-hybridized carbons (Fsp3) is 0.690. The van der Waals surface area contributed by atoms with Crippen molar-refractivity contribution in [3.05, 3.63) is 47.5 Å². The van der Waals surface area contributed by atoms with E-state index in [2.05, 4.69) is 57.9 Å². The monoisotopic (exact) mass is 611 g/mol. The van der Waals surface area contributed by atoms with Crippen LogP contribution in [0.25, 0.3) is 0 Å². The molecule has 2 aromatic rings. The first-order chi connectivity index (χ1) is 19.7. The first kappa shape index (κ1) is 32.7. The number of rotatable bonds is 8. The number of nitrogens with zero attached hydrogens (tertiary/aromatic N) is 4.